The van der Waals surface area contributed by atoms with Crippen molar-refractivity contribution < 1.29 is 23.1 Å². The van der Waals surface area contributed by atoms with Crippen LogP contribution in [0.1, 0.15) is 6.42 Å². The highest BCUT2D eigenvalue weighted by Crippen LogP contribution is 2.15. The van der Waals surface area contributed by atoms with Crippen molar-refractivity contribution in [1.82, 2.24) is 4.72 Å². The second-order valence-corrected chi connectivity index (χ2v) is 5.40. The minimum Gasteiger partial charge on any atom is -0.482 e. The van der Waals surface area contributed by atoms with Crippen molar-refractivity contribution in [1.29, 1.82) is 0 Å². The van der Waals surface area contributed by atoms with Crippen LogP contribution in [0, 0.1) is 0 Å². The van der Waals surface area contributed by atoms with E-state index in [4.69, 9.17) is 9.84 Å². The topological polar surface area (TPSA) is 92.7 Å². The zero-order valence-electron chi connectivity index (χ0n) is 10.2. The van der Waals surface area contributed by atoms with E-state index in [2.05, 4.69) is 11.3 Å². The molecule has 1 rings (SSSR count). The molecule has 0 heterocycles. The molecule has 0 amide bonds. The Hall–Kier alpha value is -1.86. The van der Waals surface area contributed by atoms with Crippen LogP contribution in [-0.4, -0.2) is 32.6 Å². The fourth-order valence-electron chi connectivity index (χ4n) is 1.24. The van der Waals surface area contributed by atoms with Crippen LogP contribution in [0.25, 0.3) is 0 Å². The zero-order valence-corrected chi connectivity index (χ0v) is 11.0. The molecule has 0 radical (unpaired) electrons. The van der Waals surface area contributed by atoms with Crippen LogP contribution in [0.15, 0.2) is 41.8 Å². The van der Waals surface area contributed by atoms with Crippen molar-refractivity contribution in [2.24, 2.45) is 0 Å². The summed E-state index contributed by atoms with van der Waals surface area (Å²) in [6, 6.07) is 5.52. The van der Waals surface area contributed by atoms with Gasteiger partial charge < -0.3 is 9.84 Å². The van der Waals surface area contributed by atoms with Gasteiger partial charge in [0.1, 0.15) is 5.75 Å². The average molecular weight is 285 g/mol. The Morgan fingerprint density at radius 3 is 2.53 bits per heavy atom. The maximum Gasteiger partial charge on any atom is 0.341 e. The lowest BCUT2D eigenvalue weighted by Gasteiger charge is -2.07. The summed E-state index contributed by atoms with van der Waals surface area (Å²) in [7, 11) is -3.55. The molecular formula is C12H15NO5S. The van der Waals surface area contributed by atoms with Crippen LogP contribution in [-0.2, 0) is 14.8 Å². The van der Waals surface area contributed by atoms with Gasteiger partial charge in [-0.25, -0.2) is 17.9 Å². The molecule has 2 N–H and O–H groups in total. The number of hydrogen-bond acceptors (Lipinski definition) is 4. The molecule has 0 aliphatic carbocycles. The smallest absolute Gasteiger partial charge is 0.341 e. The molecule has 0 saturated carbocycles. The SMILES string of the molecule is C=CCCNS(=O)(=O)c1ccc(OCC(=O)O)cc1. The molecule has 1 aromatic rings. The first-order chi connectivity index (χ1) is 8.95. The summed E-state index contributed by atoms with van der Waals surface area (Å²) < 4.78 is 30.9. The van der Waals surface area contributed by atoms with Gasteiger partial charge in [0.05, 0.1) is 4.90 Å². The van der Waals surface area contributed by atoms with E-state index < -0.39 is 22.6 Å². The monoisotopic (exact) mass is 285 g/mol. The maximum absolute atomic E-state index is 11.8. The summed E-state index contributed by atoms with van der Waals surface area (Å²) in [6.07, 6.45) is 2.16. The molecule has 0 spiro atoms. The van der Waals surface area contributed by atoms with Crippen LogP contribution >= 0.6 is 0 Å². The minimum atomic E-state index is -3.55. The second-order valence-electron chi connectivity index (χ2n) is 3.63. The van der Waals surface area contributed by atoms with E-state index in [1.165, 1.54) is 24.3 Å². The molecular weight excluding hydrogens is 270 g/mol. The Bertz CT molecular complexity index is 536. The van der Waals surface area contributed by atoms with Crippen molar-refractivity contribution in [2.45, 2.75) is 11.3 Å². The number of hydrogen-bond donors (Lipinski definition) is 2. The highest BCUT2D eigenvalue weighted by atomic mass is 32.2. The van der Waals surface area contributed by atoms with E-state index in [0.717, 1.165) is 0 Å². The minimum absolute atomic E-state index is 0.0965. The van der Waals surface area contributed by atoms with Crippen molar-refractivity contribution in [2.75, 3.05) is 13.2 Å². The highest BCUT2D eigenvalue weighted by molar-refractivity contribution is 7.89. The third-order valence-corrected chi connectivity index (χ3v) is 3.61. The Kier molecular flexibility index (Phi) is 5.53. The second kappa shape index (κ2) is 6.91. The average Bonchev–Trinajstić information content (AvgIpc) is 2.37. The number of carboxylic acids is 1. The maximum atomic E-state index is 11.8. The van der Waals surface area contributed by atoms with E-state index in [0.29, 0.717) is 12.2 Å². The summed E-state index contributed by atoms with van der Waals surface area (Å²) in [5.41, 5.74) is 0. The summed E-state index contributed by atoms with van der Waals surface area (Å²) >= 11 is 0. The van der Waals surface area contributed by atoms with Gasteiger partial charge in [-0.3, -0.25) is 0 Å². The number of sulfonamides is 1. The Morgan fingerprint density at radius 2 is 2.00 bits per heavy atom. The predicted octanol–water partition coefficient (Wildman–Crippen LogP) is 1.00. The molecule has 1 aromatic carbocycles. The van der Waals surface area contributed by atoms with Gasteiger partial charge in [0.25, 0.3) is 0 Å². The van der Waals surface area contributed by atoms with E-state index in [1.807, 2.05) is 0 Å². The van der Waals surface area contributed by atoms with E-state index in [9.17, 15) is 13.2 Å². The van der Waals surface area contributed by atoms with Crippen molar-refractivity contribution >= 4 is 16.0 Å². The lowest BCUT2D eigenvalue weighted by atomic mass is 10.3. The van der Waals surface area contributed by atoms with Gasteiger partial charge in [0, 0.05) is 6.54 Å². The predicted molar refractivity (Wildman–Crippen MR) is 69.6 cm³/mol. The van der Waals surface area contributed by atoms with Gasteiger partial charge >= 0.3 is 5.97 Å². The molecule has 0 aliphatic rings. The molecule has 0 atom stereocenters. The third-order valence-electron chi connectivity index (χ3n) is 2.14. The number of nitrogens with one attached hydrogen (secondary N) is 1. The van der Waals surface area contributed by atoms with Gasteiger partial charge in [0.2, 0.25) is 10.0 Å². The molecule has 19 heavy (non-hydrogen) atoms. The van der Waals surface area contributed by atoms with E-state index in [-0.39, 0.29) is 11.4 Å². The first-order valence-corrected chi connectivity index (χ1v) is 6.99. The van der Waals surface area contributed by atoms with Crippen LogP contribution in [0.4, 0.5) is 0 Å². The lowest BCUT2D eigenvalue weighted by Crippen LogP contribution is -2.24. The molecule has 0 bridgehead atoms. The summed E-state index contributed by atoms with van der Waals surface area (Å²) in [5, 5.41) is 8.44. The van der Waals surface area contributed by atoms with Gasteiger partial charge in [-0.1, -0.05) is 6.08 Å². The molecule has 0 aliphatic heterocycles. The van der Waals surface area contributed by atoms with E-state index in [1.54, 1.807) is 6.08 Å². The molecule has 0 aromatic heterocycles. The number of carboxylic acid groups (broad SMARTS) is 1. The van der Waals surface area contributed by atoms with Crippen LogP contribution < -0.4 is 9.46 Å². The van der Waals surface area contributed by atoms with Crippen LogP contribution in [0.5, 0.6) is 5.75 Å². The molecule has 0 fully saturated rings. The van der Waals surface area contributed by atoms with Crippen LogP contribution in [0.2, 0.25) is 0 Å². The fraction of sp³-hybridized carbons (Fsp3) is 0.250. The molecule has 0 saturated heterocycles. The number of ether oxygens (including phenoxy) is 1. The van der Waals surface area contributed by atoms with Crippen LogP contribution in [0.3, 0.4) is 0 Å². The van der Waals surface area contributed by atoms with Gasteiger partial charge in [-0.05, 0) is 30.7 Å². The quantitative estimate of drug-likeness (QED) is 0.549. The Balaban J connectivity index is 2.69. The van der Waals surface area contributed by atoms with Gasteiger partial charge in [-0.15, -0.1) is 6.58 Å². The largest absolute Gasteiger partial charge is 0.482 e. The van der Waals surface area contributed by atoms with Gasteiger partial charge in [0.15, 0.2) is 6.61 Å². The van der Waals surface area contributed by atoms with Crippen molar-refractivity contribution in [3.8, 4) is 5.75 Å². The lowest BCUT2D eigenvalue weighted by molar-refractivity contribution is -0.139. The molecule has 7 heteroatoms. The van der Waals surface area contributed by atoms with Crippen molar-refractivity contribution in [3.63, 3.8) is 0 Å². The van der Waals surface area contributed by atoms with Crippen molar-refractivity contribution in [3.05, 3.63) is 36.9 Å². The number of carbonyl (C=O) groups is 1. The number of rotatable bonds is 8. The van der Waals surface area contributed by atoms with Gasteiger partial charge in [-0.2, -0.15) is 0 Å². The molecule has 104 valence electrons. The first-order valence-electron chi connectivity index (χ1n) is 5.51. The number of benzene rings is 1. The first kappa shape index (κ1) is 15.2. The molecule has 0 unspecified atom stereocenters. The van der Waals surface area contributed by atoms with E-state index >= 15 is 0 Å². The standard InChI is InChI=1S/C12H15NO5S/c1-2-3-8-13-19(16,17)11-6-4-10(5-7-11)18-9-12(14)15/h2,4-7,13H,1,3,8-9H2,(H,14,15). The summed E-state index contributed by atoms with van der Waals surface area (Å²) in [6.45, 7) is 3.31. The third kappa shape index (κ3) is 5.11. The Morgan fingerprint density at radius 1 is 1.37 bits per heavy atom. The summed E-state index contributed by atoms with van der Waals surface area (Å²) in [5.74, 6) is -0.796. The highest BCUT2D eigenvalue weighted by Gasteiger charge is 2.12. The fourth-order valence-corrected chi connectivity index (χ4v) is 2.29. The zero-order chi connectivity index (χ0) is 14.3. The summed E-state index contributed by atoms with van der Waals surface area (Å²) in [4.78, 5) is 10.4. The number of aliphatic carboxylic acids is 1. The Labute approximate surface area is 111 Å². The normalized spacial score (nSPS) is 10.9. The molecule has 6 nitrogen and oxygen atoms in total.